The molecular weight excluding hydrogens is 368 g/mol. The van der Waals surface area contributed by atoms with Gasteiger partial charge in [0, 0.05) is 24.8 Å². The van der Waals surface area contributed by atoms with Crippen LogP contribution >= 0.6 is 0 Å². The van der Waals surface area contributed by atoms with Crippen molar-refractivity contribution < 1.29 is 14.3 Å². The Bertz CT molecular complexity index is 859. The van der Waals surface area contributed by atoms with E-state index in [2.05, 4.69) is 41.6 Å². The SMILES string of the molecule is CCOC(=O)N1CCC(NC(=O)c2ccc(Nc3ccc(C)c(C)c3)cn2)CC1. The molecule has 1 saturated heterocycles. The molecule has 7 nitrogen and oxygen atoms in total. The number of carbonyl (C=O) groups is 2. The van der Waals surface area contributed by atoms with Gasteiger partial charge in [-0.1, -0.05) is 6.07 Å². The summed E-state index contributed by atoms with van der Waals surface area (Å²) in [7, 11) is 0. The average Bonchev–Trinajstić information content (AvgIpc) is 2.72. The molecule has 3 rings (SSSR count). The van der Waals surface area contributed by atoms with Gasteiger partial charge in [0.1, 0.15) is 5.69 Å². The predicted octanol–water partition coefficient (Wildman–Crippen LogP) is 3.79. The summed E-state index contributed by atoms with van der Waals surface area (Å²) >= 11 is 0. The third kappa shape index (κ3) is 5.47. The molecule has 1 aliphatic rings. The lowest BCUT2D eigenvalue weighted by molar-refractivity contribution is 0.0856. The number of ether oxygens (including phenoxy) is 1. The van der Waals surface area contributed by atoms with E-state index in [9.17, 15) is 9.59 Å². The van der Waals surface area contributed by atoms with Gasteiger partial charge in [0.2, 0.25) is 0 Å². The molecule has 1 aliphatic heterocycles. The van der Waals surface area contributed by atoms with Gasteiger partial charge in [-0.3, -0.25) is 4.79 Å². The summed E-state index contributed by atoms with van der Waals surface area (Å²) < 4.78 is 5.02. The highest BCUT2D eigenvalue weighted by atomic mass is 16.6. The summed E-state index contributed by atoms with van der Waals surface area (Å²) in [6.45, 7) is 7.47. The van der Waals surface area contributed by atoms with Crippen molar-refractivity contribution in [2.45, 2.75) is 39.7 Å². The van der Waals surface area contributed by atoms with Crippen LogP contribution in [0.2, 0.25) is 0 Å². The third-order valence-electron chi connectivity index (χ3n) is 5.15. The number of hydrogen-bond donors (Lipinski definition) is 2. The van der Waals surface area contributed by atoms with E-state index < -0.39 is 0 Å². The first-order chi connectivity index (χ1) is 14.0. The smallest absolute Gasteiger partial charge is 0.409 e. The fraction of sp³-hybridized carbons (Fsp3) is 0.409. The van der Waals surface area contributed by atoms with Crippen molar-refractivity contribution in [2.75, 3.05) is 25.0 Å². The highest BCUT2D eigenvalue weighted by molar-refractivity contribution is 5.92. The molecule has 0 atom stereocenters. The summed E-state index contributed by atoms with van der Waals surface area (Å²) in [5.41, 5.74) is 4.65. The minimum atomic E-state index is -0.286. The van der Waals surface area contributed by atoms with Crippen LogP contribution in [-0.4, -0.2) is 47.6 Å². The molecule has 0 unspecified atom stereocenters. The summed E-state index contributed by atoms with van der Waals surface area (Å²) in [6.07, 6.45) is 2.78. The fourth-order valence-corrected chi connectivity index (χ4v) is 3.27. The molecule has 0 saturated carbocycles. The van der Waals surface area contributed by atoms with Crippen LogP contribution in [0.15, 0.2) is 36.5 Å². The zero-order valence-electron chi connectivity index (χ0n) is 17.2. The maximum Gasteiger partial charge on any atom is 0.409 e. The Kier molecular flexibility index (Phi) is 6.69. The van der Waals surface area contributed by atoms with E-state index in [0.717, 1.165) is 11.4 Å². The molecule has 1 fully saturated rings. The maximum atomic E-state index is 12.5. The summed E-state index contributed by atoms with van der Waals surface area (Å²) in [6, 6.07) is 9.76. The van der Waals surface area contributed by atoms with E-state index >= 15 is 0 Å². The minimum Gasteiger partial charge on any atom is -0.450 e. The van der Waals surface area contributed by atoms with Crippen molar-refractivity contribution in [2.24, 2.45) is 0 Å². The van der Waals surface area contributed by atoms with Gasteiger partial charge < -0.3 is 20.3 Å². The topological polar surface area (TPSA) is 83.6 Å². The number of nitrogens with zero attached hydrogens (tertiary/aromatic N) is 2. The van der Waals surface area contributed by atoms with Gasteiger partial charge in [-0.05, 0) is 69.0 Å². The van der Waals surface area contributed by atoms with Crippen molar-refractivity contribution in [3.05, 3.63) is 53.3 Å². The van der Waals surface area contributed by atoms with Crippen molar-refractivity contribution in [3.63, 3.8) is 0 Å². The van der Waals surface area contributed by atoms with Crippen LogP contribution in [0.4, 0.5) is 16.2 Å². The Morgan fingerprint density at radius 3 is 2.45 bits per heavy atom. The van der Waals surface area contributed by atoms with Crippen LogP contribution in [-0.2, 0) is 4.74 Å². The van der Waals surface area contributed by atoms with Gasteiger partial charge in [-0.25, -0.2) is 9.78 Å². The second-order valence-corrected chi connectivity index (χ2v) is 7.29. The summed E-state index contributed by atoms with van der Waals surface area (Å²) in [4.78, 5) is 30.2. The van der Waals surface area contributed by atoms with Crippen molar-refractivity contribution in [1.29, 1.82) is 0 Å². The second-order valence-electron chi connectivity index (χ2n) is 7.29. The number of nitrogens with one attached hydrogen (secondary N) is 2. The number of benzene rings is 1. The Labute approximate surface area is 171 Å². The Morgan fingerprint density at radius 1 is 1.10 bits per heavy atom. The monoisotopic (exact) mass is 396 g/mol. The molecule has 0 radical (unpaired) electrons. The van der Waals surface area contributed by atoms with Gasteiger partial charge in [-0.15, -0.1) is 0 Å². The number of anilines is 2. The van der Waals surface area contributed by atoms with E-state index in [1.165, 1.54) is 11.1 Å². The zero-order valence-corrected chi connectivity index (χ0v) is 17.2. The molecule has 1 aromatic carbocycles. The fourth-order valence-electron chi connectivity index (χ4n) is 3.27. The molecule has 2 N–H and O–H groups in total. The quantitative estimate of drug-likeness (QED) is 0.803. The largest absolute Gasteiger partial charge is 0.450 e. The van der Waals surface area contributed by atoms with Gasteiger partial charge >= 0.3 is 6.09 Å². The molecular formula is C22H28N4O3. The lowest BCUT2D eigenvalue weighted by Crippen LogP contribution is -2.46. The number of amides is 2. The number of rotatable bonds is 5. The number of carbonyl (C=O) groups excluding carboxylic acids is 2. The number of aryl methyl sites for hydroxylation is 2. The van der Waals surface area contributed by atoms with Crippen LogP contribution in [0.25, 0.3) is 0 Å². The van der Waals surface area contributed by atoms with Gasteiger partial charge in [0.25, 0.3) is 5.91 Å². The molecule has 1 aromatic heterocycles. The summed E-state index contributed by atoms with van der Waals surface area (Å²) in [5.74, 6) is -0.197. The zero-order chi connectivity index (χ0) is 20.8. The molecule has 2 amide bonds. The molecule has 0 spiro atoms. The van der Waals surface area contributed by atoms with Crippen LogP contribution in [0, 0.1) is 13.8 Å². The second kappa shape index (κ2) is 9.41. The number of likely N-dealkylation sites (tertiary alicyclic amines) is 1. The van der Waals surface area contributed by atoms with Crippen molar-refractivity contribution >= 4 is 23.4 Å². The molecule has 0 aliphatic carbocycles. The van der Waals surface area contributed by atoms with Gasteiger partial charge in [0.05, 0.1) is 18.5 Å². The molecule has 154 valence electrons. The Morgan fingerprint density at radius 2 is 1.83 bits per heavy atom. The van der Waals surface area contributed by atoms with Crippen LogP contribution in [0.5, 0.6) is 0 Å². The number of aromatic nitrogens is 1. The van der Waals surface area contributed by atoms with E-state index in [1.807, 2.05) is 12.1 Å². The standard InChI is InChI=1S/C22H28N4O3/c1-4-29-22(28)26-11-9-17(10-12-26)25-21(27)20-8-7-19(14-23-20)24-18-6-5-15(2)16(3)13-18/h5-8,13-14,17,24H,4,9-12H2,1-3H3,(H,25,27). The number of piperidine rings is 1. The van der Waals surface area contributed by atoms with E-state index in [0.29, 0.717) is 38.2 Å². The lowest BCUT2D eigenvalue weighted by atomic mass is 10.1. The van der Waals surface area contributed by atoms with Crippen molar-refractivity contribution in [1.82, 2.24) is 15.2 Å². The first-order valence-electron chi connectivity index (χ1n) is 9.99. The highest BCUT2D eigenvalue weighted by Crippen LogP contribution is 2.19. The Hall–Kier alpha value is -3.09. The Balaban J connectivity index is 1.51. The highest BCUT2D eigenvalue weighted by Gasteiger charge is 2.25. The first kappa shape index (κ1) is 20.6. The normalized spacial score (nSPS) is 14.4. The molecule has 2 aromatic rings. The van der Waals surface area contributed by atoms with Gasteiger partial charge in [-0.2, -0.15) is 0 Å². The van der Waals surface area contributed by atoms with E-state index in [4.69, 9.17) is 4.74 Å². The molecule has 29 heavy (non-hydrogen) atoms. The van der Waals surface area contributed by atoms with Crippen LogP contribution in [0.1, 0.15) is 41.4 Å². The predicted molar refractivity (Wildman–Crippen MR) is 113 cm³/mol. The van der Waals surface area contributed by atoms with Crippen LogP contribution in [0.3, 0.4) is 0 Å². The van der Waals surface area contributed by atoms with Crippen molar-refractivity contribution in [3.8, 4) is 0 Å². The van der Waals surface area contributed by atoms with E-state index in [1.54, 1.807) is 24.1 Å². The third-order valence-corrected chi connectivity index (χ3v) is 5.15. The average molecular weight is 396 g/mol. The molecule has 7 heteroatoms. The molecule has 0 bridgehead atoms. The van der Waals surface area contributed by atoms with Gasteiger partial charge in [0.15, 0.2) is 0 Å². The van der Waals surface area contributed by atoms with Crippen LogP contribution < -0.4 is 10.6 Å². The number of hydrogen-bond acceptors (Lipinski definition) is 5. The minimum absolute atomic E-state index is 0.0308. The first-order valence-corrected chi connectivity index (χ1v) is 9.99. The lowest BCUT2D eigenvalue weighted by Gasteiger charge is -2.31. The molecule has 2 heterocycles. The number of pyridine rings is 1. The summed E-state index contributed by atoms with van der Waals surface area (Å²) in [5, 5.41) is 6.31. The van der Waals surface area contributed by atoms with E-state index in [-0.39, 0.29) is 18.0 Å². The maximum absolute atomic E-state index is 12.5.